The molecule has 0 radical (unpaired) electrons. The van der Waals surface area contributed by atoms with Crippen molar-refractivity contribution in [2.45, 2.75) is 32.1 Å². The van der Waals surface area contributed by atoms with E-state index in [9.17, 15) is 4.79 Å². The van der Waals surface area contributed by atoms with E-state index in [1.807, 2.05) is 38.3 Å². The second-order valence-corrected chi connectivity index (χ2v) is 8.84. The summed E-state index contributed by atoms with van der Waals surface area (Å²) in [7, 11) is 6.02. The van der Waals surface area contributed by atoms with Crippen molar-refractivity contribution >= 4 is 24.0 Å². The van der Waals surface area contributed by atoms with Crippen molar-refractivity contribution in [2.75, 3.05) is 50.6 Å². The van der Waals surface area contributed by atoms with Crippen LogP contribution < -0.4 is 9.80 Å². The van der Waals surface area contributed by atoms with E-state index < -0.39 is 0 Å². The standard InChI is InChI=1S/C23H31N5O.CH2O2/c1-26(2)19-6-4-18(5-7-19)20-9-14-24-22(25-20)28-16-12-23(13-17-28)10-8-21(29)27(3)15-11-23;2-1-3/h4-7,9,14H,8,10-13,15-17H2,1-3H3;1H,(H,2,3). The van der Waals surface area contributed by atoms with Crippen LogP contribution in [-0.4, -0.2) is 73.1 Å². The highest BCUT2D eigenvalue weighted by Gasteiger charge is 2.37. The molecule has 1 amide bonds. The van der Waals surface area contributed by atoms with E-state index in [0.717, 1.165) is 62.5 Å². The Morgan fingerprint density at radius 3 is 2.28 bits per heavy atom. The second-order valence-electron chi connectivity index (χ2n) is 8.84. The van der Waals surface area contributed by atoms with E-state index in [0.29, 0.717) is 17.7 Å². The Morgan fingerprint density at radius 1 is 1.03 bits per heavy atom. The molecule has 8 heteroatoms. The zero-order chi connectivity index (χ0) is 23.1. The first kappa shape index (κ1) is 23.5. The lowest BCUT2D eigenvalue weighted by atomic mass is 9.73. The summed E-state index contributed by atoms with van der Waals surface area (Å²) in [5.41, 5.74) is 3.55. The van der Waals surface area contributed by atoms with Crippen molar-refractivity contribution in [3.63, 3.8) is 0 Å². The summed E-state index contributed by atoms with van der Waals surface area (Å²) < 4.78 is 0. The monoisotopic (exact) mass is 439 g/mol. The Balaban J connectivity index is 0.000000913. The first-order valence-corrected chi connectivity index (χ1v) is 11.0. The molecule has 0 aliphatic carbocycles. The minimum Gasteiger partial charge on any atom is -0.483 e. The van der Waals surface area contributed by atoms with Gasteiger partial charge in [0.05, 0.1) is 5.69 Å². The third-order valence-electron chi connectivity index (χ3n) is 6.70. The summed E-state index contributed by atoms with van der Waals surface area (Å²) >= 11 is 0. The number of carboxylic acid groups (broad SMARTS) is 1. The Kier molecular flexibility index (Phi) is 7.66. The smallest absolute Gasteiger partial charge is 0.290 e. The number of amides is 1. The maximum atomic E-state index is 12.0. The van der Waals surface area contributed by atoms with E-state index in [4.69, 9.17) is 14.9 Å². The summed E-state index contributed by atoms with van der Waals surface area (Å²) in [6, 6.07) is 10.4. The maximum absolute atomic E-state index is 12.0. The molecule has 1 N–H and O–H groups in total. The van der Waals surface area contributed by atoms with E-state index in [-0.39, 0.29) is 6.47 Å². The van der Waals surface area contributed by atoms with E-state index in [1.54, 1.807) is 0 Å². The molecule has 1 aromatic heterocycles. The summed E-state index contributed by atoms with van der Waals surface area (Å²) in [4.78, 5) is 36.1. The lowest BCUT2D eigenvalue weighted by Gasteiger charge is -2.41. The highest BCUT2D eigenvalue weighted by Crippen LogP contribution is 2.41. The van der Waals surface area contributed by atoms with Gasteiger partial charge in [-0.25, -0.2) is 9.97 Å². The average molecular weight is 440 g/mol. The molecule has 0 bridgehead atoms. The van der Waals surface area contributed by atoms with Crippen LogP contribution in [0.5, 0.6) is 0 Å². The predicted octanol–water partition coefficient (Wildman–Crippen LogP) is 3.14. The second kappa shape index (κ2) is 10.4. The van der Waals surface area contributed by atoms with Crippen molar-refractivity contribution in [3.8, 4) is 11.3 Å². The van der Waals surface area contributed by atoms with Gasteiger partial charge in [-0.2, -0.15) is 0 Å². The number of carbonyl (C=O) groups is 2. The van der Waals surface area contributed by atoms with Gasteiger partial charge in [0.1, 0.15) is 0 Å². The quantitative estimate of drug-likeness (QED) is 0.735. The third kappa shape index (κ3) is 5.55. The van der Waals surface area contributed by atoms with Gasteiger partial charge in [-0.3, -0.25) is 9.59 Å². The Morgan fingerprint density at radius 2 is 1.66 bits per heavy atom. The van der Waals surface area contributed by atoms with Crippen molar-refractivity contribution in [3.05, 3.63) is 36.5 Å². The molecule has 2 aromatic rings. The first-order chi connectivity index (χ1) is 15.4. The Bertz CT molecular complexity index is 908. The Labute approximate surface area is 189 Å². The van der Waals surface area contributed by atoms with Gasteiger partial charge in [0, 0.05) is 64.6 Å². The molecule has 0 unspecified atom stereocenters. The summed E-state index contributed by atoms with van der Waals surface area (Å²) in [6.45, 7) is 2.55. The maximum Gasteiger partial charge on any atom is 0.290 e. The average Bonchev–Trinajstić information content (AvgIpc) is 2.95. The SMILES string of the molecule is CN1CCC2(CCC1=O)CCN(c1nccc(-c3ccc(N(C)C)cc3)n1)CC2.O=CO. The molecule has 8 nitrogen and oxygen atoms in total. The van der Waals surface area contributed by atoms with Crippen molar-refractivity contribution in [1.82, 2.24) is 14.9 Å². The number of likely N-dealkylation sites (tertiary alicyclic amines) is 1. The summed E-state index contributed by atoms with van der Waals surface area (Å²) in [5, 5.41) is 6.89. The van der Waals surface area contributed by atoms with Gasteiger partial charge in [-0.1, -0.05) is 12.1 Å². The zero-order valence-electron chi connectivity index (χ0n) is 19.2. The number of hydrogen-bond donors (Lipinski definition) is 1. The predicted molar refractivity (Wildman–Crippen MR) is 126 cm³/mol. The van der Waals surface area contributed by atoms with E-state index in [1.165, 1.54) is 5.69 Å². The molecule has 0 saturated carbocycles. The molecule has 3 heterocycles. The van der Waals surface area contributed by atoms with Crippen molar-refractivity contribution in [2.24, 2.45) is 5.41 Å². The Hall–Kier alpha value is -3.16. The number of aromatic nitrogens is 2. The van der Waals surface area contributed by atoms with Crippen LogP contribution in [0, 0.1) is 5.41 Å². The summed E-state index contributed by atoms with van der Waals surface area (Å²) in [6.07, 6.45) is 6.90. The minimum atomic E-state index is -0.250. The van der Waals surface area contributed by atoms with Crippen LogP contribution in [0.3, 0.4) is 0 Å². The molecule has 2 fully saturated rings. The molecule has 1 spiro atoms. The number of carbonyl (C=O) groups excluding carboxylic acids is 1. The number of benzene rings is 1. The van der Waals surface area contributed by atoms with Gasteiger partial charge < -0.3 is 19.8 Å². The fraction of sp³-hybridized carbons (Fsp3) is 0.500. The molecule has 172 valence electrons. The zero-order valence-corrected chi connectivity index (χ0v) is 19.2. The summed E-state index contributed by atoms with van der Waals surface area (Å²) in [5.74, 6) is 1.11. The van der Waals surface area contributed by atoms with Crippen molar-refractivity contribution < 1.29 is 14.7 Å². The molecular formula is C24H33N5O3. The van der Waals surface area contributed by atoms with Gasteiger partial charge in [-0.15, -0.1) is 0 Å². The van der Waals surface area contributed by atoms with Gasteiger partial charge in [0.2, 0.25) is 11.9 Å². The molecule has 0 atom stereocenters. The number of nitrogens with zero attached hydrogens (tertiary/aromatic N) is 5. The highest BCUT2D eigenvalue weighted by molar-refractivity contribution is 5.76. The molecular weight excluding hydrogens is 406 g/mol. The van der Waals surface area contributed by atoms with Gasteiger partial charge in [0.15, 0.2) is 0 Å². The highest BCUT2D eigenvalue weighted by atomic mass is 16.3. The number of rotatable bonds is 3. The van der Waals surface area contributed by atoms with Crippen LogP contribution in [0.15, 0.2) is 36.5 Å². The van der Waals surface area contributed by atoms with Crippen LogP contribution in [-0.2, 0) is 9.59 Å². The minimum absolute atomic E-state index is 0.250. The van der Waals surface area contributed by atoms with Crippen molar-refractivity contribution in [1.29, 1.82) is 0 Å². The normalized spacial score (nSPS) is 17.9. The molecule has 2 aliphatic rings. The van der Waals surface area contributed by atoms with Gasteiger partial charge in [0.25, 0.3) is 6.47 Å². The van der Waals surface area contributed by atoms with Crippen LogP contribution in [0.4, 0.5) is 11.6 Å². The topological polar surface area (TPSA) is 89.9 Å². The van der Waals surface area contributed by atoms with Crippen LogP contribution in [0.1, 0.15) is 32.1 Å². The fourth-order valence-electron chi connectivity index (χ4n) is 4.49. The fourth-order valence-corrected chi connectivity index (χ4v) is 4.49. The largest absolute Gasteiger partial charge is 0.483 e. The number of hydrogen-bond acceptors (Lipinski definition) is 6. The molecule has 4 rings (SSSR count). The molecule has 32 heavy (non-hydrogen) atoms. The lowest BCUT2D eigenvalue weighted by molar-refractivity contribution is -0.129. The molecule has 2 saturated heterocycles. The molecule has 2 aliphatic heterocycles. The van der Waals surface area contributed by atoms with Gasteiger partial charge in [-0.05, 0) is 49.3 Å². The van der Waals surface area contributed by atoms with Crippen LogP contribution in [0.2, 0.25) is 0 Å². The lowest BCUT2D eigenvalue weighted by Crippen LogP contribution is -2.41. The first-order valence-electron chi connectivity index (χ1n) is 11.0. The van der Waals surface area contributed by atoms with Crippen LogP contribution >= 0.6 is 0 Å². The third-order valence-corrected chi connectivity index (χ3v) is 6.70. The molecule has 1 aromatic carbocycles. The van der Waals surface area contributed by atoms with E-state index in [2.05, 4.69) is 39.0 Å². The van der Waals surface area contributed by atoms with Crippen LogP contribution in [0.25, 0.3) is 11.3 Å². The number of anilines is 2. The van der Waals surface area contributed by atoms with Gasteiger partial charge >= 0.3 is 0 Å². The number of piperidine rings is 1. The van der Waals surface area contributed by atoms with E-state index >= 15 is 0 Å².